The van der Waals surface area contributed by atoms with Crippen molar-refractivity contribution in [2.75, 3.05) is 7.11 Å². The van der Waals surface area contributed by atoms with E-state index in [0.29, 0.717) is 17.8 Å². The van der Waals surface area contributed by atoms with Gasteiger partial charge in [0.2, 0.25) is 5.88 Å². The third-order valence-electron chi connectivity index (χ3n) is 6.73. The Morgan fingerprint density at radius 3 is 2.78 bits per heavy atom. The second-order valence-corrected chi connectivity index (χ2v) is 9.03. The number of nitrogens with zero attached hydrogens (tertiary/aromatic N) is 5. The summed E-state index contributed by atoms with van der Waals surface area (Å²) >= 11 is 0. The van der Waals surface area contributed by atoms with Crippen molar-refractivity contribution in [2.45, 2.75) is 70.4 Å². The number of aryl methyl sites for hydroxylation is 1. The zero-order valence-electron chi connectivity index (χ0n) is 19.2. The topological polar surface area (TPSA) is 65.2 Å². The summed E-state index contributed by atoms with van der Waals surface area (Å²) < 4.78 is 7.68. The van der Waals surface area contributed by atoms with E-state index in [2.05, 4.69) is 41.7 Å². The van der Waals surface area contributed by atoms with E-state index in [4.69, 9.17) is 19.8 Å². The fourth-order valence-electron chi connectivity index (χ4n) is 5.08. The molecule has 4 heterocycles. The Morgan fingerprint density at radius 2 is 2.00 bits per heavy atom. The molecule has 0 amide bonds. The third-order valence-corrected chi connectivity index (χ3v) is 6.73. The van der Waals surface area contributed by atoms with Crippen molar-refractivity contribution in [1.29, 1.82) is 0 Å². The van der Waals surface area contributed by atoms with Crippen LogP contribution in [0.4, 0.5) is 0 Å². The number of methoxy groups -OCH3 is 1. The molecule has 2 aromatic heterocycles. The first kappa shape index (κ1) is 20.9. The third kappa shape index (κ3) is 4.06. The van der Waals surface area contributed by atoms with Gasteiger partial charge in [0, 0.05) is 36.2 Å². The smallest absolute Gasteiger partial charge is 0.217 e. The molecule has 0 radical (unpaired) electrons. The number of ether oxygens (including phenoxy) is 1. The van der Waals surface area contributed by atoms with Gasteiger partial charge in [-0.1, -0.05) is 23.8 Å². The van der Waals surface area contributed by atoms with Gasteiger partial charge in [-0.2, -0.15) is 5.10 Å². The van der Waals surface area contributed by atoms with Crippen molar-refractivity contribution in [3.05, 3.63) is 58.3 Å². The van der Waals surface area contributed by atoms with Crippen molar-refractivity contribution < 1.29 is 4.74 Å². The summed E-state index contributed by atoms with van der Waals surface area (Å²) in [6, 6.07) is 4.49. The van der Waals surface area contributed by atoms with Gasteiger partial charge in [-0.05, 0) is 69.7 Å². The first-order valence-corrected chi connectivity index (χ1v) is 11.7. The molecule has 3 atom stereocenters. The van der Waals surface area contributed by atoms with Gasteiger partial charge in [0.25, 0.3) is 0 Å². The average molecular weight is 430 g/mol. The number of aromatic nitrogens is 4. The molecular formula is C26H31N5O. The maximum atomic E-state index is 5.59. The van der Waals surface area contributed by atoms with Crippen LogP contribution < -0.4 is 4.74 Å². The largest absolute Gasteiger partial charge is 0.481 e. The van der Waals surface area contributed by atoms with Crippen molar-refractivity contribution in [2.24, 2.45) is 4.99 Å². The van der Waals surface area contributed by atoms with E-state index in [-0.39, 0.29) is 5.92 Å². The highest BCUT2D eigenvalue weighted by molar-refractivity contribution is 5.72. The first-order chi connectivity index (χ1) is 15.6. The second kappa shape index (κ2) is 8.85. The van der Waals surface area contributed by atoms with E-state index < -0.39 is 0 Å². The Hall–Kier alpha value is -3.02. The molecule has 0 spiro atoms. The molecule has 0 aromatic carbocycles. The van der Waals surface area contributed by atoms with Crippen LogP contribution in [0.5, 0.6) is 5.88 Å². The van der Waals surface area contributed by atoms with Gasteiger partial charge in [-0.15, -0.1) is 0 Å². The molecule has 0 saturated carbocycles. The van der Waals surface area contributed by atoms with Crippen molar-refractivity contribution in [1.82, 2.24) is 19.7 Å². The fourth-order valence-corrected chi connectivity index (χ4v) is 5.08. The lowest BCUT2D eigenvalue weighted by Gasteiger charge is -2.26. The Balaban J connectivity index is 1.37. The molecule has 3 unspecified atom stereocenters. The first-order valence-electron chi connectivity index (χ1n) is 11.7. The highest BCUT2D eigenvalue weighted by atomic mass is 16.5. The lowest BCUT2D eigenvalue weighted by atomic mass is 9.84. The van der Waals surface area contributed by atoms with E-state index in [1.165, 1.54) is 11.1 Å². The molecule has 166 valence electrons. The van der Waals surface area contributed by atoms with Crippen LogP contribution in [-0.2, 0) is 6.54 Å². The van der Waals surface area contributed by atoms with Crippen LogP contribution in [0.3, 0.4) is 0 Å². The molecule has 32 heavy (non-hydrogen) atoms. The molecule has 0 fully saturated rings. The fraction of sp³-hybridized carbons (Fsp3) is 0.462. The van der Waals surface area contributed by atoms with Gasteiger partial charge in [0.15, 0.2) is 5.82 Å². The summed E-state index contributed by atoms with van der Waals surface area (Å²) in [6.07, 6.45) is 16.3. The van der Waals surface area contributed by atoms with Gasteiger partial charge in [-0.3, -0.25) is 4.99 Å². The van der Waals surface area contributed by atoms with Crippen molar-refractivity contribution >= 4 is 18.4 Å². The summed E-state index contributed by atoms with van der Waals surface area (Å²) in [7, 11) is 1.68. The monoisotopic (exact) mass is 429 g/mol. The summed E-state index contributed by atoms with van der Waals surface area (Å²) in [5.41, 5.74) is 4.77. The van der Waals surface area contributed by atoms with Crippen LogP contribution in [0.15, 0.2) is 40.4 Å². The zero-order chi connectivity index (χ0) is 22.1. The Bertz CT molecular complexity index is 1120. The highest BCUT2D eigenvalue weighted by Crippen LogP contribution is 2.38. The van der Waals surface area contributed by atoms with Crippen LogP contribution in [-0.4, -0.2) is 39.1 Å². The van der Waals surface area contributed by atoms with E-state index in [0.717, 1.165) is 61.6 Å². The molecule has 3 aliphatic rings. The van der Waals surface area contributed by atoms with E-state index in [1.807, 2.05) is 24.4 Å². The van der Waals surface area contributed by atoms with Crippen molar-refractivity contribution in [3.8, 4) is 5.88 Å². The van der Waals surface area contributed by atoms with Crippen molar-refractivity contribution in [3.63, 3.8) is 0 Å². The highest BCUT2D eigenvalue weighted by Gasteiger charge is 2.28. The maximum Gasteiger partial charge on any atom is 0.217 e. The minimum Gasteiger partial charge on any atom is -0.481 e. The summed E-state index contributed by atoms with van der Waals surface area (Å²) in [6.45, 7) is 5.30. The van der Waals surface area contributed by atoms with Crippen LogP contribution in [0.2, 0.25) is 0 Å². The predicted molar refractivity (Wildman–Crippen MR) is 128 cm³/mol. The van der Waals surface area contributed by atoms with Gasteiger partial charge in [0.1, 0.15) is 5.82 Å². The van der Waals surface area contributed by atoms with Gasteiger partial charge < -0.3 is 4.74 Å². The number of pyridine rings is 1. The minimum absolute atomic E-state index is 0.274. The number of allylic oxidation sites excluding steroid dienone is 4. The molecule has 0 bridgehead atoms. The van der Waals surface area contributed by atoms with Crippen LogP contribution >= 0.6 is 0 Å². The SMILES string of the molecule is COc1nc(C=Cc2nc3n(n2)CCCC3C2=CCCC=C2C)ccc1C1C=NC(C)C1. The molecule has 5 rings (SSSR count). The Kier molecular flexibility index (Phi) is 5.77. The lowest BCUT2D eigenvalue weighted by molar-refractivity contribution is 0.390. The van der Waals surface area contributed by atoms with E-state index in [1.54, 1.807) is 7.11 Å². The number of aliphatic imine (C=N–C) groups is 1. The van der Waals surface area contributed by atoms with Crippen LogP contribution in [0, 0.1) is 0 Å². The molecule has 6 nitrogen and oxygen atoms in total. The van der Waals surface area contributed by atoms with Gasteiger partial charge in [0.05, 0.1) is 12.8 Å². The van der Waals surface area contributed by atoms with Gasteiger partial charge >= 0.3 is 0 Å². The molecule has 2 aromatic rings. The number of rotatable bonds is 5. The quantitative estimate of drug-likeness (QED) is 0.643. The Morgan fingerprint density at radius 1 is 1.12 bits per heavy atom. The molecule has 6 heteroatoms. The Labute approximate surface area is 189 Å². The number of hydrogen-bond donors (Lipinski definition) is 0. The average Bonchev–Trinajstić information content (AvgIpc) is 3.43. The standard InChI is InChI=1S/C26H31N5O/c1-17-7-4-5-8-21(17)23-9-6-14-31-25(23)29-24(30-31)13-11-20-10-12-22(26(28-20)32-3)19-15-18(2)27-16-19/h7-8,10-13,16,18-19,23H,4-6,9,14-15H2,1-3H3. The van der Waals surface area contributed by atoms with E-state index >= 15 is 0 Å². The van der Waals surface area contributed by atoms with Gasteiger partial charge in [-0.25, -0.2) is 14.6 Å². The lowest BCUT2D eigenvalue weighted by Crippen LogP contribution is -2.19. The van der Waals surface area contributed by atoms with Crippen LogP contribution in [0.1, 0.15) is 80.7 Å². The predicted octanol–water partition coefficient (Wildman–Crippen LogP) is 5.34. The molecular weight excluding hydrogens is 398 g/mol. The molecule has 1 aliphatic carbocycles. The van der Waals surface area contributed by atoms with Crippen LogP contribution in [0.25, 0.3) is 12.2 Å². The normalized spacial score (nSPS) is 25.0. The number of hydrogen-bond acceptors (Lipinski definition) is 5. The molecule has 0 saturated heterocycles. The minimum atomic E-state index is 0.274. The number of fused-ring (bicyclic) bond motifs is 1. The van der Waals surface area contributed by atoms with E-state index in [9.17, 15) is 0 Å². The molecule has 0 N–H and O–H groups in total. The maximum absolute atomic E-state index is 5.59. The summed E-state index contributed by atoms with van der Waals surface area (Å²) in [4.78, 5) is 14.1. The summed E-state index contributed by atoms with van der Waals surface area (Å²) in [5, 5.41) is 4.76. The zero-order valence-corrected chi connectivity index (χ0v) is 19.2. The summed E-state index contributed by atoms with van der Waals surface area (Å²) in [5.74, 6) is 3.12. The molecule has 2 aliphatic heterocycles. The second-order valence-electron chi connectivity index (χ2n) is 9.03.